The van der Waals surface area contributed by atoms with Crippen molar-refractivity contribution in [1.29, 1.82) is 0 Å². The maximum Gasteiger partial charge on any atom is 0.410 e. The number of carbonyl (C=O) groups is 1. The molecular formula is C17H23ClN2O2. The summed E-state index contributed by atoms with van der Waals surface area (Å²) in [5.41, 5.74) is 3.88. The molecule has 1 amide bonds. The molecule has 0 unspecified atom stereocenters. The van der Waals surface area contributed by atoms with Gasteiger partial charge in [0.1, 0.15) is 5.60 Å². The fraction of sp³-hybridized carbons (Fsp3) is 0.529. The smallest absolute Gasteiger partial charge is 0.410 e. The second-order valence-corrected chi connectivity index (χ2v) is 6.79. The Morgan fingerprint density at radius 3 is 2.68 bits per heavy atom. The lowest BCUT2D eigenvalue weighted by Gasteiger charge is -2.29. The van der Waals surface area contributed by atoms with Crippen LogP contribution in [0.3, 0.4) is 0 Å². The number of amides is 1. The van der Waals surface area contributed by atoms with E-state index in [0.29, 0.717) is 19.0 Å². The van der Waals surface area contributed by atoms with Crippen molar-refractivity contribution in [1.82, 2.24) is 9.88 Å². The molecule has 0 fully saturated rings. The maximum atomic E-state index is 12.0. The third-order valence-corrected chi connectivity index (χ3v) is 3.80. The molecule has 2 heterocycles. The predicted molar refractivity (Wildman–Crippen MR) is 88.9 cm³/mol. The van der Waals surface area contributed by atoms with Gasteiger partial charge in [0.05, 0.1) is 11.6 Å². The van der Waals surface area contributed by atoms with Gasteiger partial charge in [0.15, 0.2) is 0 Å². The summed E-state index contributed by atoms with van der Waals surface area (Å²) in [4.78, 5) is 18.2. The topological polar surface area (TPSA) is 42.4 Å². The minimum atomic E-state index is -0.459. The zero-order valence-electron chi connectivity index (χ0n) is 13.6. The maximum absolute atomic E-state index is 12.0. The zero-order valence-corrected chi connectivity index (χ0v) is 14.4. The minimum Gasteiger partial charge on any atom is -0.444 e. The molecule has 0 saturated carbocycles. The molecule has 1 aliphatic heterocycles. The molecule has 1 aliphatic rings. The highest BCUT2D eigenvalue weighted by Crippen LogP contribution is 2.24. The van der Waals surface area contributed by atoms with Gasteiger partial charge in [-0.2, -0.15) is 0 Å². The zero-order chi connectivity index (χ0) is 16.3. The van der Waals surface area contributed by atoms with Crippen LogP contribution in [0.1, 0.15) is 44.0 Å². The van der Waals surface area contributed by atoms with Gasteiger partial charge in [0.2, 0.25) is 0 Å². The van der Waals surface area contributed by atoms with Gasteiger partial charge in [-0.25, -0.2) is 4.79 Å². The van der Waals surface area contributed by atoms with Gasteiger partial charge in [-0.1, -0.05) is 6.08 Å². The fourth-order valence-electron chi connectivity index (χ4n) is 2.34. The highest BCUT2D eigenvalue weighted by molar-refractivity contribution is 6.17. The molecule has 5 heteroatoms. The quantitative estimate of drug-likeness (QED) is 0.768. The first-order valence-corrected chi connectivity index (χ1v) is 8.02. The van der Waals surface area contributed by atoms with E-state index in [1.165, 1.54) is 5.57 Å². The first-order chi connectivity index (χ1) is 10.3. The van der Waals surface area contributed by atoms with Crippen molar-refractivity contribution in [2.45, 2.75) is 45.6 Å². The third-order valence-electron chi connectivity index (χ3n) is 3.54. The summed E-state index contributed by atoms with van der Waals surface area (Å²) < 4.78 is 5.40. The Labute approximate surface area is 137 Å². The summed E-state index contributed by atoms with van der Waals surface area (Å²) >= 11 is 5.84. The van der Waals surface area contributed by atoms with E-state index in [-0.39, 0.29) is 6.09 Å². The van der Waals surface area contributed by atoms with Gasteiger partial charge < -0.3 is 9.64 Å². The van der Waals surface area contributed by atoms with Crippen LogP contribution >= 0.6 is 11.6 Å². The molecule has 0 radical (unpaired) electrons. The van der Waals surface area contributed by atoms with Crippen molar-refractivity contribution >= 4 is 23.3 Å². The van der Waals surface area contributed by atoms with E-state index < -0.39 is 5.60 Å². The number of aromatic nitrogens is 1. The molecule has 1 aromatic heterocycles. The molecule has 120 valence electrons. The molecule has 0 saturated heterocycles. The minimum absolute atomic E-state index is 0.255. The molecule has 0 atom stereocenters. The van der Waals surface area contributed by atoms with Crippen molar-refractivity contribution in [2.75, 3.05) is 13.1 Å². The number of alkyl halides is 1. The number of hydrogen-bond acceptors (Lipinski definition) is 3. The number of halogens is 1. The van der Waals surface area contributed by atoms with Crippen LogP contribution in [0.4, 0.5) is 4.79 Å². The molecule has 0 aliphatic carbocycles. The summed E-state index contributed by atoms with van der Waals surface area (Å²) in [5, 5.41) is 0. The molecule has 0 aromatic carbocycles. The number of aryl methyl sites for hydroxylation is 1. The van der Waals surface area contributed by atoms with E-state index in [4.69, 9.17) is 16.3 Å². The van der Waals surface area contributed by atoms with Crippen LogP contribution in [0.2, 0.25) is 0 Å². The fourth-order valence-corrected chi connectivity index (χ4v) is 2.62. The Morgan fingerprint density at radius 1 is 1.45 bits per heavy atom. The Balaban J connectivity index is 2.05. The van der Waals surface area contributed by atoms with Crippen LogP contribution in [0, 0.1) is 6.92 Å². The van der Waals surface area contributed by atoms with Crippen molar-refractivity contribution in [3.63, 3.8) is 0 Å². The Hall–Kier alpha value is -1.55. The second kappa shape index (κ2) is 6.69. The molecule has 4 nitrogen and oxygen atoms in total. The number of ether oxygens (including phenoxy) is 1. The lowest BCUT2D eigenvalue weighted by Crippen LogP contribution is -2.39. The molecule has 22 heavy (non-hydrogen) atoms. The molecule has 0 spiro atoms. The average molecular weight is 323 g/mol. The third kappa shape index (κ3) is 4.23. The highest BCUT2D eigenvalue weighted by Gasteiger charge is 2.23. The van der Waals surface area contributed by atoms with Crippen molar-refractivity contribution < 1.29 is 9.53 Å². The number of nitrogens with zero attached hydrogens (tertiary/aromatic N) is 2. The van der Waals surface area contributed by atoms with Gasteiger partial charge >= 0.3 is 6.09 Å². The lowest BCUT2D eigenvalue weighted by molar-refractivity contribution is 0.0270. The number of rotatable bonds is 2. The monoisotopic (exact) mass is 322 g/mol. The molecular weight excluding hydrogens is 300 g/mol. The van der Waals surface area contributed by atoms with Crippen molar-refractivity contribution in [2.24, 2.45) is 0 Å². The molecule has 0 bridgehead atoms. The largest absolute Gasteiger partial charge is 0.444 e. The highest BCUT2D eigenvalue weighted by atomic mass is 35.5. The summed E-state index contributed by atoms with van der Waals surface area (Å²) in [6, 6.07) is 2.11. The van der Waals surface area contributed by atoms with Crippen LogP contribution in [-0.4, -0.2) is 34.7 Å². The predicted octanol–water partition coefficient (Wildman–Crippen LogP) is 4.15. The van der Waals surface area contributed by atoms with E-state index in [1.54, 1.807) is 4.90 Å². The van der Waals surface area contributed by atoms with Gasteiger partial charge in [-0.3, -0.25) is 4.98 Å². The number of carbonyl (C=O) groups excluding carboxylic acids is 1. The van der Waals surface area contributed by atoms with E-state index >= 15 is 0 Å². The van der Waals surface area contributed by atoms with E-state index in [1.807, 2.05) is 33.9 Å². The molecule has 0 N–H and O–H groups in total. The second-order valence-electron chi connectivity index (χ2n) is 6.53. The number of hydrogen-bond donors (Lipinski definition) is 0. The van der Waals surface area contributed by atoms with Crippen LogP contribution < -0.4 is 0 Å². The van der Waals surface area contributed by atoms with Gasteiger partial charge in [0, 0.05) is 19.3 Å². The van der Waals surface area contributed by atoms with Crippen molar-refractivity contribution in [3.05, 3.63) is 35.2 Å². The molecule has 2 rings (SSSR count). The summed E-state index contributed by atoms with van der Waals surface area (Å²) in [6.07, 6.45) is 4.49. The average Bonchev–Trinajstić information content (AvgIpc) is 2.45. The van der Waals surface area contributed by atoms with Crippen molar-refractivity contribution in [3.8, 4) is 0 Å². The van der Waals surface area contributed by atoms with Crippen LogP contribution in [0.25, 0.3) is 5.57 Å². The standard InChI is InChI=1S/C17H23ClN2O2/c1-12-9-14(11-19-15(12)10-18)13-5-7-20(8-6-13)16(21)22-17(2,3)4/h5,9,11H,6-8,10H2,1-4H3. The summed E-state index contributed by atoms with van der Waals surface area (Å²) in [7, 11) is 0. The van der Waals surface area contributed by atoms with Gasteiger partial charge in [-0.15, -0.1) is 11.6 Å². The van der Waals surface area contributed by atoms with Gasteiger partial charge in [-0.05, 0) is 56.9 Å². The van der Waals surface area contributed by atoms with Crippen LogP contribution in [0.15, 0.2) is 18.3 Å². The molecule has 1 aromatic rings. The summed E-state index contributed by atoms with van der Waals surface area (Å²) in [6.45, 7) is 8.89. The van der Waals surface area contributed by atoms with Crippen LogP contribution in [-0.2, 0) is 10.6 Å². The first kappa shape index (κ1) is 16.8. The summed E-state index contributed by atoms with van der Waals surface area (Å²) in [5.74, 6) is 0.428. The lowest BCUT2D eigenvalue weighted by atomic mass is 9.99. The Morgan fingerprint density at radius 2 is 2.18 bits per heavy atom. The normalized spacial score (nSPS) is 15.5. The Kier molecular flexibility index (Phi) is 5.12. The Bertz CT molecular complexity index is 591. The first-order valence-electron chi connectivity index (χ1n) is 7.49. The van der Waals surface area contributed by atoms with E-state index in [0.717, 1.165) is 23.2 Å². The van der Waals surface area contributed by atoms with Gasteiger partial charge in [0.25, 0.3) is 0 Å². The van der Waals surface area contributed by atoms with E-state index in [2.05, 4.69) is 17.1 Å². The van der Waals surface area contributed by atoms with E-state index in [9.17, 15) is 4.79 Å². The van der Waals surface area contributed by atoms with Crippen LogP contribution in [0.5, 0.6) is 0 Å². The number of pyridine rings is 1. The SMILES string of the molecule is Cc1cc(C2=CCN(C(=O)OC(C)(C)C)CC2)cnc1CCl.